The van der Waals surface area contributed by atoms with Gasteiger partial charge in [-0.2, -0.15) is 13.2 Å². The molecule has 0 aliphatic heterocycles. The SMILES string of the molecule is FC(F)(F)c1nc(Cl)cc(Sc2ccccc2Br)n1. The Balaban J connectivity index is 2.36. The Hall–Kier alpha value is -0.790. The van der Waals surface area contributed by atoms with Crippen molar-refractivity contribution in [1.82, 2.24) is 9.97 Å². The minimum atomic E-state index is -4.62. The maximum absolute atomic E-state index is 12.6. The van der Waals surface area contributed by atoms with Crippen LogP contribution in [-0.2, 0) is 6.18 Å². The molecule has 1 aromatic heterocycles. The predicted molar refractivity (Wildman–Crippen MR) is 70.3 cm³/mol. The Bertz CT molecular complexity index is 607. The Morgan fingerprint density at radius 1 is 1.16 bits per heavy atom. The number of benzene rings is 1. The molecule has 2 aromatic rings. The summed E-state index contributed by atoms with van der Waals surface area (Å²) in [7, 11) is 0. The van der Waals surface area contributed by atoms with Gasteiger partial charge in [0, 0.05) is 15.4 Å². The number of aromatic nitrogens is 2. The van der Waals surface area contributed by atoms with Gasteiger partial charge in [-0.05, 0) is 28.1 Å². The number of hydrogen-bond donors (Lipinski definition) is 0. The first kappa shape index (κ1) is 14.6. The predicted octanol–water partition coefficient (Wildman–Crippen LogP) is 5.06. The second-order valence-electron chi connectivity index (χ2n) is 3.38. The summed E-state index contributed by atoms with van der Waals surface area (Å²) in [6, 6.07) is 8.43. The molecule has 19 heavy (non-hydrogen) atoms. The molecule has 0 radical (unpaired) electrons. The molecule has 1 aromatic carbocycles. The summed E-state index contributed by atoms with van der Waals surface area (Å²) in [5.41, 5.74) is 0. The Morgan fingerprint density at radius 3 is 2.47 bits per heavy atom. The van der Waals surface area contributed by atoms with Crippen molar-refractivity contribution < 1.29 is 13.2 Å². The first-order valence-corrected chi connectivity index (χ1v) is 6.89. The lowest BCUT2D eigenvalue weighted by Gasteiger charge is -2.08. The average Bonchev–Trinajstić information content (AvgIpc) is 2.30. The number of rotatable bonds is 2. The van der Waals surface area contributed by atoms with Gasteiger partial charge in [0.2, 0.25) is 5.82 Å². The van der Waals surface area contributed by atoms with Gasteiger partial charge in [0.05, 0.1) is 0 Å². The number of hydrogen-bond acceptors (Lipinski definition) is 3. The van der Waals surface area contributed by atoms with E-state index in [2.05, 4.69) is 25.9 Å². The van der Waals surface area contributed by atoms with E-state index in [1.165, 1.54) is 6.07 Å². The van der Waals surface area contributed by atoms with Crippen LogP contribution < -0.4 is 0 Å². The van der Waals surface area contributed by atoms with Crippen LogP contribution in [0.15, 0.2) is 44.7 Å². The lowest BCUT2D eigenvalue weighted by Crippen LogP contribution is -2.11. The molecule has 2 nitrogen and oxygen atoms in total. The van der Waals surface area contributed by atoms with Gasteiger partial charge in [-0.15, -0.1) is 0 Å². The third-order valence-electron chi connectivity index (χ3n) is 1.98. The molecule has 0 aliphatic rings. The third kappa shape index (κ3) is 3.84. The Labute approximate surface area is 124 Å². The fourth-order valence-electron chi connectivity index (χ4n) is 1.22. The van der Waals surface area contributed by atoms with Gasteiger partial charge < -0.3 is 0 Å². The molecular formula is C11H5BrClF3N2S. The molecule has 2 rings (SSSR count). The Kier molecular flexibility index (Phi) is 4.37. The normalized spacial score (nSPS) is 11.6. The highest BCUT2D eigenvalue weighted by atomic mass is 79.9. The van der Waals surface area contributed by atoms with Crippen molar-refractivity contribution in [2.45, 2.75) is 16.1 Å². The van der Waals surface area contributed by atoms with Crippen LogP contribution in [0.4, 0.5) is 13.2 Å². The van der Waals surface area contributed by atoms with E-state index in [-0.39, 0.29) is 10.2 Å². The summed E-state index contributed by atoms with van der Waals surface area (Å²) in [5, 5.41) is -0.101. The molecule has 1 heterocycles. The topological polar surface area (TPSA) is 25.8 Å². The summed E-state index contributed by atoms with van der Waals surface area (Å²) < 4.78 is 38.5. The fourth-order valence-corrected chi connectivity index (χ4v) is 2.83. The largest absolute Gasteiger partial charge is 0.451 e. The average molecular weight is 370 g/mol. The van der Waals surface area contributed by atoms with Crippen LogP contribution in [0.25, 0.3) is 0 Å². The molecular weight excluding hydrogens is 365 g/mol. The van der Waals surface area contributed by atoms with Gasteiger partial charge in [0.15, 0.2) is 0 Å². The summed E-state index contributed by atoms with van der Waals surface area (Å²) in [5.74, 6) is -1.24. The lowest BCUT2D eigenvalue weighted by atomic mass is 10.4. The van der Waals surface area contributed by atoms with Crippen LogP contribution in [0.3, 0.4) is 0 Å². The second-order valence-corrected chi connectivity index (χ2v) is 5.69. The zero-order valence-electron chi connectivity index (χ0n) is 9.08. The second kappa shape index (κ2) is 5.68. The van der Waals surface area contributed by atoms with E-state index in [1.54, 1.807) is 18.2 Å². The van der Waals surface area contributed by atoms with Crippen molar-refractivity contribution in [2.24, 2.45) is 0 Å². The first-order valence-electron chi connectivity index (χ1n) is 4.90. The monoisotopic (exact) mass is 368 g/mol. The van der Waals surface area contributed by atoms with E-state index in [4.69, 9.17) is 11.6 Å². The van der Waals surface area contributed by atoms with Crippen molar-refractivity contribution in [1.29, 1.82) is 0 Å². The highest BCUT2D eigenvalue weighted by molar-refractivity contribution is 9.10. The minimum absolute atomic E-state index is 0.138. The minimum Gasteiger partial charge on any atom is -0.217 e. The van der Waals surface area contributed by atoms with Crippen molar-refractivity contribution in [3.8, 4) is 0 Å². The molecule has 0 saturated heterocycles. The zero-order chi connectivity index (χ0) is 14.0. The van der Waals surface area contributed by atoms with Crippen LogP contribution in [0.2, 0.25) is 5.15 Å². The standard InChI is InChI=1S/C11H5BrClF3N2S/c12-6-3-1-2-4-7(6)19-9-5-8(13)17-10(18-9)11(14,15)16/h1-5H. The van der Waals surface area contributed by atoms with E-state index in [0.29, 0.717) is 0 Å². The quantitative estimate of drug-likeness (QED) is 0.692. The number of halogens is 5. The summed E-state index contributed by atoms with van der Waals surface area (Å²) in [6.45, 7) is 0. The third-order valence-corrected chi connectivity index (χ3v) is 4.12. The van der Waals surface area contributed by atoms with Gasteiger partial charge in [0.1, 0.15) is 10.2 Å². The smallest absolute Gasteiger partial charge is 0.217 e. The number of alkyl halides is 3. The molecule has 0 atom stereocenters. The number of nitrogens with zero attached hydrogens (tertiary/aromatic N) is 2. The highest BCUT2D eigenvalue weighted by Crippen LogP contribution is 2.35. The van der Waals surface area contributed by atoms with Crippen LogP contribution in [0, 0.1) is 0 Å². The van der Waals surface area contributed by atoms with Crippen molar-refractivity contribution in [3.63, 3.8) is 0 Å². The molecule has 0 N–H and O–H groups in total. The molecule has 0 fully saturated rings. The molecule has 0 amide bonds. The van der Waals surface area contributed by atoms with Gasteiger partial charge >= 0.3 is 6.18 Å². The molecule has 0 spiro atoms. The van der Waals surface area contributed by atoms with Gasteiger partial charge in [0.25, 0.3) is 0 Å². The van der Waals surface area contributed by atoms with Crippen LogP contribution in [-0.4, -0.2) is 9.97 Å². The maximum atomic E-state index is 12.6. The van der Waals surface area contributed by atoms with Crippen molar-refractivity contribution in [3.05, 3.63) is 45.8 Å². The summed E-state index contributed by atoms with van der Waals surface area (Å²) in [4.78, 5) is 7.38. The Morgan fingerprint density at radius 2 is 1.84 bits per heavy atom. The van der Waals surface area contributed by atoms with Crippen molar-refractivity contribution in [2.75, 3.05) is 0 Å². The van der Waals surface area contributed by atoms with Gasteiger partial charge in [-0.1, -0.05) is 35.5 Å². The zero-order valence-corrected chi connectivity index (χ0v) is 12.2. The molecule has 0 aliphatic carbocycles. The van der Waals surface area contributed by atoms with Gasteiger partial charge in [-0.25, -0.2) is 9.97 Å². The lowest BCUT2D eigenvalue weighted by molar-refractivity contribution is -0.145. The first-order chi connectivity index (χ1) is 8.86. The molecule has 0 unspecified atom stereocenters. The van der Waals surface area contributed by atoms with Crippen LogP contribution >= 0.6 is 39.3 Å². The highest BCUT2D eigenvalue weighted by Gasteiger charge is 2.35. The summed E-state index contributed by atoms with van der Waals surface area (Å²) in [6.07, 6.45) is -4.62. The van der Waals surface area contributed by atoms with E-state index >= 15 is 0 Å². The summed E-state index contributed by atoms with van der Waals surface area (Å²) >= 11 is 9.97. The van der Waals surface area contributed by atoms with E-state index in [0.717, 1.165) is 21.1 Å². The van der Waals surface area contributed by atoms with Crippen LogP contribution in [0.1, 0.15) is 5.82 Å². The van der Waals surface area contributed by atoms with E-state index < -0.39 is 12.0 Å². The van der Waals surface area contributed by atoms with E-state index in [9.17, 15) is 13.2 Å². The van der Waals surface area contributed by atoms with Crippen molar-refractivity contribution >= 4 is 39.3 Å². The fraction of sp³-hybridized carbons (Fsp3) is 0.0909. The maximum Gasteiger partial charge on any atom is 0.451 e. The molecule has 0 bridgehead atoms. The molecule has 8 heteroatoms. The van der Waals surface area contributed by atoms with E-state index in [1.807, 2.05) is 6.07 Å². The van der Waals surface area contributed by atoms with Gasteiger partial charge in [-0.3, -0.25) is 0 Å². The van der Waals surface area contributed by atoms with Crippen LogP contribution in [0.5, 0.6) is 0 Å². The molecule has 100 valence electrons. The molecule has 0 saturated carbocycles.